The zero-order valence-corrected chi connectivity index (χ0v) is 10.8. The molecule has 0 aliphatic heterocycles. The van der Waals surface area contributed by atoms with E-state index in [0.29, 0.717) is 0 Å². The minimum Gasteiger partial charge on any atom is -0.478 e. The van der Waals surface area contributed by atoms with Gasteiger partial charge in [0.25, 0.3) is 0 Å². The van der Waals surface area contributed by atoms with Crippen molar-refractivity contribution in [3.8, 4) is 6.07 Å². The van der Waals surface area contributed by atoms with Crippen LogP contribution < -0.4 is 4.72 Å². The maximum absolute atomic E-state index is 11.6. The highest BCUT2D eigenvalue weighted by Gasteiger charge is 2.20. The molecule has 6 nitrogen and oxygen atoms in total. The zero-order valence-electron chi connectivity index (χ0n) is 9.21. The summed E-state index contributed by atoms with van der Waals surface area (Å²) in [4.78, 5) is 10.7. The van der Waals surface area contributed by atoms with E-state index in [2.05, 4.69) is 4.72 Å². The van der Waals surface area contributed by atoms with Crippen molar-refractivity contribution >= 4 is 33.3 Å². The maximum Gasteiger partial charge on any atom is 0.337 e. The van der Waals surface area contributed by atoms with Crippen molar-refractivity contribution in [2.45, 2.75) is 12.2 Å². The van der Waals surface area contributed by atoms with Gasteiger partial charge in [-0.1, -0.05) is 11.6 Å². The van der Waals surface area contributed by atoms with E-state index in [-0.39, 0.29) is 16.3 Å². The van der Waals surface area contributed by atoms with Gasteiger partial charge in [-0.2, -0.15) is 5.26 Å². The highest BCUT2D eigenvalue weighted by Crippen LogP contribution is 2.22. The largest absolute Gasteiger partial charge is 0.478 e. The first-order chi connectivity index (χ1) is 8.27. The van der Waals surface area contributed by atoms with Crippen molar-refractivity contribution in [3.63, 3.8) is 0 Å². The van der Waals surface area contributed by atoms with E-state index in [1.54, 1.807) is 6.07 Å². The Kier molecular flexibility index (Phi) is 4.16. The fourth-order valence-electron chi connectivity index (χ4n) is 1.07. The number of sulfonamides is 1. The lowest BCUT2D eigenvalue weighted by Crippen LogP contribution is -2.23. The van der Waals surface area contributed by atoms with Gasteiger partial charge in [0.15, 0.2) is 5.25 Å². The predicted molar refractivity (Wildman–Crippen MR) is 66.0 cm³/mol. The standard InChI is InChI=1S/C10H9ClN2O4S/c1-6(5-12)18(16,17)13-7-2-3-8(10(14)15)9(11)4-7/h2-4,6,13H,1H3,(H,14,15). The number of carboxylic acid groups (broad SMARTS) is 1. The van der Waals surface area contributed by atoms with E-state index in [1.807, 2.05) is 0 Å². The summed E-state index contributed by atoms with van der Waals surface area (Å²) >= 11 is 5.69. The Labute approximate surface area is 109 Å². The highest BCUT2D eigenvalue weighted by molar-refractivity contribution is 7.93. The fourth-order valence-corrected chi connectivity index (χ4v) is 2.11. The van der Waals surface area contributed by atoms with Gasteiger partial charge in [-0.25, -0.2) is 13.2 Å². The van der Waals surface area contributed by atoms with Gasteiger partial charge >= 0.3 is 5.97 Å². The molecule has 1 aromatic carbocycles. The number of rotatable bonds is 4. The lowest BCUT2D eigenvalue weighted by Gasteiger charge is -2.10. The fraction of sp³-hybridized carbons (Fsp3) is 0.200. The van der Waals surface area contributed by atoms with Gasteiger partial charge in [-0.3, -0.25) is 4.72 Å². The van der Waals surface area contributed by atoms with Crippen LogP contribution in [0.5, 0.6) is 0 Å². The molecule has 0 saturated carbocycles. The van der Waals surface area contributed by atoms with Gasteiger partial charge in [-0.05, 0) is 25.1 Å². The van der Waals surface area contributed by atoms with E-state index in [0.717, 1.165) is 0 Å². The smallest absolute Gasteiger partial charge is 0.337 e. The summed E-state index contributed by atoms with van der Waals surface area (Å²) in [5, 5.41) is 16.0. The SMILES string of the molecule is CC(C#N)S(=O)(=O)Nc1ccc(C(=O)O)c(Cl)c1. The van der Waals surface area contributed by atoms with Crippen LogP contribution in [-0.4, -0.2) is 24.7 Å². The number of nitriles is 1. The van der Waals surface area contributed by atoms with Gasteiger partial charge in [0.05, 0.1) is 22.3 Å². The lowest BCUT2D eigenvalue weighted by molar-refractivity contribution is 0.0697. The maximum atomic E-state index is 11.6. The zero-order chi connectivity index (χ0) is 13.9. The van der Waals surface area contributed by atoms with Crippen LogP contribution in [0.1, 0.15) is 17.3 Å². The molecule has 96 valence electrons. The lowest BCUT2D eigenvalue weighted by atomic mass is 10.2. The quantitative estimate of drug-likeness (QED) is 0.876. The van der Waals surface area contributed by atoms with Crippen molar-refractivity contribution in [1.29, 1.82) is 5.26 Å². The molecule has 0 radical (unpaired) electrons. The summed E-state index contributed by atoms with van der Waals surface area (Å²) in [6, 6.07) is 5.21. The molecule has 0 aliphatic carbocycles. The number of hydrogen-bond acceptors (Lipinski definition) is 4. The summed E-state index contributed by atoms with van der Waals surface area (Å²) in [7, 11) is -3.83. The van der Waals surface area contributed by atoms with Crippen LogP contribution in [0.2, 0.25) is 5.02 Å². The van der Waals surface area contributed by atoms with Crippen LogP contribution in [0, 0.1) is 11.3 Å². The molecule has 18 heavy (non-hydrogen) atoms. The molecule has 1 aromatic rings. The van der Waals surface area contributed by atoms with E-state index >= 15 is 0 Å². The van der Waals surface area contributed by atoms with Gasteiger partial charge < -0.3 is 5.11 Å². The number of halogens is 1. The first kappa shape index (κ1) is 14.3. The molecule has 0 saturated heterocycles. The molecule has 0 bridgehead atoms. The average molecular weight is 289 g/mol. The third-order valence-corrected chi connectivity index (χ3v) is 3.98. The van der Waals surface area contributed by atoms with Crippen molar-refractivity contribution in [3.05, 3.63) is 28.8 Å². The van der Waals surface area contributed by atoms with E-state index < -0.39 is 21.2 Å². The minimum absolute atomic E-state index is 0.0905. The summed E-state index contributed by atoms with van der Waals surface area (Å²) in [6.07, 6.45) is 0. The number of hydrogen-bond donors (Lipinski definition) is 2. The van der Waals surface area contributed by atoms with E-state index in [4.69, 9.17) is 22.0 Å². The van der Waals surface area contributed by atoms with Crippen LogP contribution in [0.4, 0.5) is 5.69 Å². The summed E-state index contributed by atoms with van der Waals surface area (Å²) < 4.78 is 25.3. The van der Waals surface area contributed by atoms with E-state index in [9.17, 15) is 13.2 Å². The predicted octanol–water partition coefficient (Wildman–Crippen LogP) is 1.69. The number of nitrogens with one attached hydrogen (secondary N) is 1. The van der Waals surface area contributed by atoms with Crippen molar-refractivity contribution in [2.24, 2.45) is 0 Å². The third kappa shape index (κ3) is 3.12. The van der Waals surface area contributed by atoms with Crippen LogP contribution >= 0.6 is 11.6 Å². The normalized spacial score (nSPS) is 12.5. The molecule has 0 spiro atoms. The molecule has 2 N–H and O–H groups in total. The van der Waals surface area contributed by atoms with Gasteiger partial charge in [0, 0.05) is 0 Å². The van der Waals surface area contributed by atoms with Crippen molar-refractivity contribution in [2.75, 3.05) is 4.72 Å². The van der Waals surface area contributed by atoms with Crippen molar-refractivity contribution < 1.29 is 18.3 Å². The topological polar surface area (TPSA) is 107 Å². The average Bonchev–Trinajstić information content (AvgIpc) is 2.26. The molecule has 0 fully saturated rings. The van der Waals surface area contributed by atoms with Crippen LogP contribution in [0.3, 0.4) is 0 Å². The third-order valence-electron chi connectivity index (χ3n) is 2.11. The Morgan fingerprint density at radius 3 is 2.61 bits per heavy atom. The van der Waals surface area contributed by atoms with Crippen LogP contribution in [-0.2, 0) is 10.0 Å². The molecule has 0 amide bonds. The summed E-state index contributed by atoms with van der Waals surface area (Å²) in [6.45, 7) is 1.23. The van der Waals surface area contributed by atoms with Gasteiger partial charge in [0.1, 0.15) is 0 Å². The number of aromatic carboxylic acids is 1. The summed E-state index contributed by atoms with van der Waals surface area (Å²) in [5.74, 6) is -1.21. The number of benzene rings is 1. The molecule has 1 unspecified atom stereocenters. The molecule has 8 heteroatoms. The highest BCUT2D eigenvalue weighted by atomic mass is 35.5. The minimum atomic E-state index is -3.83. The molecule has 1 rings (SSSR count). The Bertz CT molecular complexity index is 621. The molecular formula is C10H9ClN2O4S. The second-order valence-electron chi connectivity index (χ2n) is 3.42. The number of nitrogens with zero attached hydrogens (tertiary/aromatic N) is 1. The first-order valence-corrected chi connectivity index (χ1v) is 6.64. The Balaban J connectivity index is 3.05. The van der Waals surface area contributed by atoms with E-state index in [1.165, 1.54) is 25.1 Å². The van der Waals surface area contributed by atoms with Gasteiger partial charge in [0.2, 0.25) is 10.0 Å². The number of carboxylic acids is 1. The second-order valence-corrected chi connectivity index (χ2v) is 5.83. The molecular weight excluding hydrogens is 280 g/mol. The Morgan fingerprint density at radius 1 is 1.56 bits per heavy atom. The van der Waals surface area contributed by atoms with Gasteiger partial charge in [-0.15, -0.1) is 0 Å². The second kappa shape index (κ2) is 5.25. The summed E-state index contributed by atoms with van der Waals surface area (Å²) in [5.41, 5.74) is -0.0277. The molecule has 0 heterocycles. The van der Waals surface area contributed by atoms with Crippen molar-refractivity contribution in [1.82, 2.24) is 0 Å². The number of anilines is 1. The Morgan fingerprint density at radius 2 is 2.17 bits per heavy atom. The molecule has 1 atom stereocenters. The monoisotopic (exact) mass is 288 g/mol. The van der Waals surface area contributed by atoms with Crippen LogP contribution in [0.15, 0.2) is 18.2 Å². The molecule has 0 aliphatic rings. The Hall–Kier alpha value is -1.78. The van der Waals surface area contributed by atoms with Crippen LogP contribution in [0.25, 0.3) is 0 Å². The molecule has 0 aromatic heterocycles. The first-order valence-electron chi connectivity index (χ1n) is 4.72. The number of carbonyl (C=O) groups is 1.